The number of benzene rings is 1. The van der Waals surface area contributed by atoms with Crippen LogP contribution in [-0.2, 0) is 9.59 Å². The number of halogens is 1. The van der Waals surface area contributed by atoms with Crippen molar-refractivity contribution in [3.05, 3.63) is 28.7 Å². The first-order valence-electron chi connectivity index (χ1n) is 6.35. The van der Waals surface area contributed by atoms with Crippen LogP contribution in [-0.4, -0.2) is 29.6 Å². The van der Waals surface area contributed by atoms with Crippen molar-refractivity contribution in [3.63, 3.8) is 0 Å². The Morgan fingerprint density at radius 1 is 1.40 bits per heavy atom. The van der Waals surface area contributed by atoms with E-state index in [-0.39, 0.29) is 12.5 Å². The summed E-state index contributed by atoms with van der Waals surface area (Å²) < 4.78 is 6.08. The quantitative estimate of drug-likeness (QED) is 0.797. The summed E-state index contributed by atoms with van der Waals surface area (Å²) >= 11 is 3.30. The maximum Gasteiger partial charge on any atom is 0.326 e. The molecule has 0 saturated carbocycles. The lowest BCUT2D eigenvalue weighted by Gasteiger charge is -2.20. The van der Waals surface area contributed by atoms with Crippen LogP contribution >= 0.6 is 15.9 Å². The molecular formula is C14H18BrNO4. The van der Waals surface area contributed by atoms with Crippen LogP contribution in [0.2, 0.25) is 0 Å². The van der Waals surface area contributed by atoms with Gasteiger partial charge in [-0.15, -0.1) is 0 Å². The second-order valence-corrected chi connectivity index (χ2v) is 5.34. The molecule has 20 heavy (non-hydrogen) atoms. The van der Waals surface area contributed by atoms with E-state index in [4.69, 9.17) is 9.84 Å². The number of carbonyl (C=O) groups excluding carboxylic acids is 1. The van der Waals surface area contributed by atoms with Crippen LogP contribution in [0.4, 0.5) is 0 Å². The number of ether oxygens (including phenoxy) is 1. The van der Waals surface area contributed by atoms with Gasteiger partial charge in [0, 0.05) is 0 Å². The molecule has 110 valence electrons. The number of carboxylic acids is 1. The summed E-state index contributed by atoms with van der Waals surface area (Å²) in [5.41, 5.74) is 0. The number of aliphatic carboxylic acids is 1. The van der Waals surface area contributed by atoms with Gasteiger partial charge in [-0.25, -0.2) is 4.79 Å². The summed E-state index contributed by atoms with van der Waals surface area (Å²) in [5.74, 6) is -1.08. The van der Waals surface area contributed by atoms with Crippen molar-refractivity contribution in [2.75, 3.05) is 6.61 Å². The minimum atomic E-state index is -1.03. The van der Waals surface area contributed by atoms with Gasteiger partial charge in [0.1, 0.15) is 11.8 Å². The first kappa shape index (κ1) is 16.5. The molecule has 2 N–H and O–H groups in total. The molecule has 0 aromatic heterocycles. The number of carbonyl (C=O) groups is 2. The maximum absolute atomic E-state index is 11.7. The summed E-state index contributed by atoms with van der Waals surface area (Å²) in [6.45, 7) is 3.45. The Kier molecular flexibility index (Phi) is 6.51. The third-order valence-corrected chi connectivity index (χ3v) is 3.65. The number of rotatable bonds is 7. The Bertz CT molecular complexity index is 478. The van der Waals surface area contributed by atoms with Gasteiger partial charge in [-0.1, -0.05) is 32.4 Å². The lowest BCUT2D eigenvalue weighted by Crippen LogP contribution is -2.46. The molecule has 0 spiro atoms. The topological polar surface area (TPSA) is 75.6 Å². The normalized spacial score (nSPS) is 13.3. The van der Waals surface area contributed by atoms with E-state index < -0.39 is 17.9 Å². The van der Waals surface area contributed by atoms with Crippen LogP contribution in [0, 0.1) is 5.92 Å². The van der Waals surface area contributed by atoms with Crippen LogP contribution in [0.3, 0.4) is 0 Å². The minimum Gasteiger partial charge on any atom is -0.483 e. The van der Waals surface area contributed by atoms with Gasteiger partial charge in [-0.3, -0.25) is 4.79 Å². The molecule has 2 atom stereocenters. The fourth-order valence-electron chi connectivity index (χ4n) is 1.60. The minimum absolute atomic E-state index is 0.139. The van der Waals surface area contributed by atoms with E-state index in [2.05, 4.69) is 21.2 Å². The van der Waals surface area contributed by atoms with Crippen LogP contribution in [0.1, 0.15) is 20.3 Å². The van der Waals surface area contributed by atoms with Gasteiger partial charge in [-0.2, -0.15) is 0 Å². The maximum atomic E-state index is 11.7. The molecule has 2 unspecified atom stereocenters. The van der Waals surface area contributed by atoms with Crippen molar-refractivity contribution in [3.8, 4) is 5.75 Å². The summed E-state index contributed by atoms with van der Waals surface area (Å²) in [7, 11) is 0. The standard InChI is InChI=1S/C14H18BrNO4/c1-3-9(2)13(14(18)19)16-12(17)8-20-11-7-5-4-6-10(11)15/h4-7,9,13H,3,8H2,1-2H3,(H,16,17)(H,18,19). The molecule has 1 aromatic carbocycles. The Labute approximate surface area is 126 Å². The summed E-state index contributed by atoms with van der Waals surface area (Å²) in [6, 6.07) is 6.25. The molecule has 5 nitrogen and oxygen atoms in total. The average Bonchev–Trinajstić information content (AvgIpc) is 2.42. The number of hydrogen-bond donors (Lipinski definition) is 2. The van der Waals surface area contributed by atoms with E-state index in [0.717, 1.165) is 4.47 Å². The molecule has 0 aliphatic heterocycles. The largest absolute Gasteiger partial charge is 0.483 e. The van der Waals surface area contributed by atoms with Gasteiger partial charge in [0.25, 0.3) is 5.91 Å². The fourth-order valence-corrected chi connectivity index (χ4v) is 2.00. The molecule has 0 saturated heterocycles. The van der Waals surface area contributed by atoms with E-state index in [1.807, 2.05) is 13.0 Å². The number of hydrogen-bond acceptors (Lipinski definition) is 3. The zero-order valence-electron chi connectivity index (χ0n) is 11.4. The highest BCUT2D eigenvalue weighted by Gasteiger charge is 2.25. The van der Waals surface area contributed by atoms with Crippen LogP contribution in [0.25, 0.3) is 0 Å². The highest BCUT2D eigenvalue weighted by molar-refractivity contribution is 9.10. The molecule has 0 aliphatic rings. The molecule has 1 aromatic rings. The van der Waals surface area contributed by atoms with Crippen molar-refractivity contribution in [2.45, 2.75) is 26.3 Å². The third-order valence-electron chi connectivity index (χ3n) is 2.99. The Morgan fingerprint density at radius 3 is 2.60 bits per heavy atom. The zero-order valence-corrected chi connectivity index (χ0v) is 13.0. The lowest BCUT2D eigenvalue weighted by molar-refractivity contribution is -0.143. The zero-order chi connectivity index (χ0) is 15.1. The smallest absolute Gasteiger partial charge is 0.326 e. The highest BCUT2D eigenvalue weighted by Crippen LogP contribution is 2.23. The SMILES string of the molecule is CCC(C)C(NC(=O)COc1ccccc1Br)C(=O)O. The van der Waals surface area contributed by atoms with Crippen molar-refractivity contribution in [1.82, 2.24) is 5.32 Å². The van der Waals surface area contributed by atoms with Crippen molar-refractivity contribution < 1.29 is 19.4 Å². The predicted octanol–water partition coefficient (Wildman–Crippen LogP) is 2.44. The van der Waals surface area contributed by atoms with Gasteiger partial charge in [-0.05, 0) is 34.0 Å². The van der Waals surface area contributed by atoms with Crippen molar-refractivity contribution in [1.29, 1.82) is 0 Å². The molecule has 0 radical (unpaired) electrons. The number of nitrogens with one attached hydrogen (secondary N) is 1. The Hall–Kier alpha value is -1.56. The van der Waals surface area contributed by atoms with Gasteiger partial charge < -0.3 is 15.2 Å². The van der Waals surface area contributed by atoms with Crippen LogP contribution < -0.4 is 10.1 Å². The van der Waals surface area contributed by atoms with Crippen LogP contribution in [0.15, 0.2) is 28.7 Å². The first-order valence-corrected chi connectivity index (χ1v) is 7.14. The summed E-state index contributed by atoms with van der Waals surface area (Å²) in [6.07, 6.45) is 0.669. The molecule has 0 heterocycles. The van der Waals surface area contributed by atoms with Crippen molar-refractivity contribution >= 4 is 27.8 Å². The van der Waals surface area contributed by atoms with E-state index in [0.29, 0.717) is 12.2 Å². The Balaban J connectivity index is 2.55. The van der Waals surface area contributed by atoms with Gasteiger partial charge >= 0.3 is 5.97 Å². The number of para-hydroxylation sites is 1. The van der Waals surface area contributed by atoms with Gasteiger partial charge in [0.15, 0.2) is 6.61 Å². The molecule has 1 rings (SSSR count). The van der Waals surface area contributed by atoms with E-state index >= 15 is 0 Å². The van der Waals surface area contributed by atoms with Gasteiger partial charge in [0.2, 0.25) is 0 Å². The highest BCUT2D eigenvalue weighted by atomic mass is 79.9. The summed E-state index contributed by atoms with van der Waals surface area (Å²) in [5, 5.41) is 11.6. The molecular weight excluding hydrogens is 326 g/mol. The van der Waals surface area contributed by atoms with Gasteiger partial charge in [0.05, 0.1) is 4.47 Å². The monoisotopic (exact) mass is 343 g/mol. The Morgan fingerprint density at radius 2 is 2.05 bits per heavy atom. The second kappa shape index (κ2) is 7.89. The molecule has 0 bridgehead atoms. The average molecular weight is 344 g/mol. The summed E-state index contributed by atoms with van der Waals surface area (Å²) in [4.78, 5) is 22.8. The first-order chi connectivity index (χ1) is 9.45. The predicted molar refractivity (Wildman–Crippen MR) is 78.7 cm³/mol. The molecule has 0 aliphatic carbocycles. The molecule has 1 amide bonds. The number of amides is 1. The third kappa shape index (κ3) is 4.85. The fraction of sp³-hybridized carbons (Fsp3) is 0.429. The number of carboxylic acid groups (broad SMARTS) is 1. The van der Waals surface area contributed by atoms with Crippen molar-refractivity contribution in [2.24, 2.45) is 5.92 Å². The molecule has 0 fully saturated rings. The van der Waals surface area contributed by atoms with Crippen LogP contribution in [0.5, 0.6) is 5.75 Å². The lowest BCUT2D eigenvalue weighted by atomic mass is 9.99. The van der Waals surface area contributed by atoms with E-state index in [9.17, 15) is 9.59 Å². The van der Waals surface area contributed by atoms with E-state index in [1.165, 1.54) is 0 Å². The molecule has 6 heteroatoms. The second-order valence-electron chi connectivity index (χ2n) is 4.49. The van der Waals surface area contributed by atoms with E-state index in [1.54, 1.807) is 25.1 Å².